The van der Waals surface area contributed by atoms with E-state index in [1.165, 1.54) is 4.90 Å². The first-order chi connectivity index (χ1) is 15.7. The largest absolute Gasteiger partial charge is 0.325 e. The van der Waals surface area contributed by atoms with Gasteiger partial charge in [0.05, 0.1) is 6.04 Å². The highest BCUT2D eigenvalue weighted by atomic mass is 35.5. The molecule has 8 heteroatoms. The third-order valence-corrected chi connectivity index (χ3v) is 7.19. The lowest BCUT2D eigenvalue weighted by Crippen LogP contribution is -2.64. The van der Waals surface area contributed by atoms with Crippen LogP contribution in [0.15, 0.2) is 54.1 Å². The molecule has 4 rings (SSSR count). The lowest BCUT2D eigenvalue weighted by atomic mass is 9.58. The van der Waals surface area contributed by atoms with E-state index in [4.69, 9.17) is 23.2 Å². The third-order valence-electron chi connectivity index (χ3n) is 6.72. The topological polar surface area (TPSA) is 66.5 Å². The summed E-state index contributed by atoms with van der Waals surface area (Å²) in [4.78, 5) is 40.1. The number of carbonyl (C=O) groups excluding carboxylic acids is 3. The van der Waals surface area contributed by atoms with Crippen LogP contribution in [0.1, 0.15) is 43.7 Å². The summed E-state index contributed by atoms with van der Waals surface area (Å²) in [6.45, 7) is 2.99. The Hall–Kier alpha value is -2.70. The molecule has 3 unspecified atom stereocenters. The van der Waals surface area contributed by atoms with Crippen molar-refractivity contribution in [3.05, 3.63) is 75.3 Å². The number of likely N-dealkylation sites (tertiary alicyclic amines) is 1. The molecule has 1 saturated heterocycles. The van der Waals surface area contributed by atoms with Crippen molar-refractivity contribution in [2.45, 2.75) is 44.1 Å². The van der Waals surface area contributed by atoms with Crippen molar-refractivity contribution in [1.29, 1.82) is 0 Å². The maximum absolute atomic E-state index is 13.9. The number of fused-ring (bicyclic) bond motifs is 2. The molecule has 0 saturated carbocycles. The van der Waals surface area contributed by atoms with Crippen LogP contribution in [0.25, 0.3) is 0 Å². The molecular weight excluding hydrogens is 466 g/mol. The number of anilines is 1. The fourth-order valence-electron chi connectivity index (χ4n) is 5.44. The second-order valence-corrected chi connectivity index (χ2v) is 9.19. The van der Waals surface area contributed by atoms with E-state index in [0.717, 1.165) is 11.1 Å². The minimum atomic E-state index is -1.63. The van der Waals surface area contributed by atoms with Crippen LogP contribution in [0.3, 0.4) is 0 Å². The maximum atomic E-state index is 13.9. The lowest BCUT2D eigenvalue weighted by molar-refractivity contribution is -0.149. The minimum absolute atomic E-state index is 0.0830. The maximum Gasteiger partial charge on any atom is 0.320 e. The summed E-state index contributed by atoms with van der Waals surface area (Å²) < 4.78 is 13.7. The first-order valence-electron chi connectivity index (χ1n) is 10.7. The number of hydrogen-bond acceptors (Lipinski definition) is 3. The van der Waals surface area contributed by atoms with Crippen LogP contribution in [0, 0.1) is 0 Å². The molecule has 1 fully saturated rings. The molecule has 0 aromatic heterocycles. The fraction of sp³-hybridized carbons (Fsp3) is 0.320. The van der Waals surface area contributed by atoms with Crippen LogP contribution in [0.2, 0.25) is 10.0 Å². The molecule has 2 heterocycles. The van der Waals surface area contributed by atoms with Crippen molar-refractivity contribution in [2.24, 2.45) is 0 Å². The summed E-state index contributed by atoms with van der Waals surface area (Å²) in [6.07, 6.45) is 2.25. The van der Waals surface area contributed by atoms with Gasteiger partial charge in [-0.2, -0.15) is 4.39 Å². The average molecular weight is 489 g/mol. The fourth-order valence-corrected chi connectivity index (χ4v) is 5.82. The summed E-state index contributed by atoms with van der Waals surface area (Å²) in [5.41, 5.74) is 1.37. The molecule has 1 spiro atoms. The van der Waals surface area contributed by atoms with Gasteiger partial charge in [0.25, 0.3) is 0 Å². The van der Waals surface area contributed by atoms with E-state index in [1.807, 2.05) is 26.0 Å². The Bertz CT molecular complexity index is 1180. The van der Waals surface area contributed by atoms with Crippen LogP contribution in [0.4, 0.5) is 10.1 Å². The summed E-state index contributed by atoms with van der Waals surface area (Å²) in [7, 11) is 0. The Morgan fingerprint density at radius 3 is 2.58 bits per heavy atom. The minimum Gasteiger partial charge on any atom is -0.325 e. The molecule has 2 aromatic rings. The molecular formula is C25H23Cl2FN2O3. The van der Waals surface area contributed by atoms with Gasteiger partial charge in [-0.3, -0.25) is 14.4 Å². The summed E-state index contributed by atoms with van der Waals surface area (Å²) in [6, 6.07) is 9.71. The number of nitrogens with zero attached hydrogens (tertiary/aromatic N) is 1. The first-order valence-corrected chi connectivity index (χ1v) is 11.5. The Balaban J connectivity index is 2.07. The van der Waals surface area contributed by atoms with Crippen molar-refractivity contribution in [3.8, 4) is 0 Å². The molecule has 33 heavy (non-hydrogen) atoms. The molecule has 0 bridgehead atoms. The van der Waals surface area contributed by atoms with Gasteiger partial charge in [-0.15, -0.1) is 0 Å². The van der Waals surface area contributed by atoms with Gasteiger partial charge in [-0.1, -0.05) is 60.0 Å². The average Bonchev–Trinajstić information content (AvgIpc) is 3.04. The second kappa shape index (κ2) is 8.92. The van der Waals surface area contributed by atoms with Crippen LogP contribution >= 0.6 is 23.2 Å². The van der Waals surface area contributed by atoms with E-state index in [1.54, 1.807) is 36.4 Å². The van der Waals surface area contributed by atoms with E-state index in [9.17, 15) is 18.8 Å². The van der Waals surface area contributed by atoms with E-state index >= 15 is 0 Å². The van der Waals surface area contributed by atoms with Crippen molar-refractivity contribution in [2.75, 3.05) is 11.9 Å². The smallest absolute Gasteiger partial charge is 0.320 e. The highest BCUT2D eigenvalue weighted by Crippen LogP contribution is 2.57. The van der Waals surface area contributed by atoms with Crippen LogP contribution in [-0.4, -0.2) is 35.3 Å². The monoisotopic (exact) mass is 488 g/mol. The predicted molar refractivity (Wildman–Crippen MR) is 126 cm³/mol. The molecule has 172 valence electrons. The number of carbonyl (C=O) groups is 3. The van der Waals surface area contributed by atoms with E-state index in [-0.39, 0.29) is 12.3 Å². The molecule has 2 aromatic carbocycles. The highest BCUT2D eigenvalue weighted by Gasteiger charge is 2.63. The Labute approximate surface area is 201 Å². The number of amides is 2. The van der Waals surface area contributed by atoms with E-state index < -0.39 is 35.9 Å². The van der Waals surface area contributed by atoms with Crippen molar-refractivity contribution in [1.82, 2.24) is 4.90 Å². The summed E-state index contributed by atoms with van der Waals surface area (Å²) in [5, 5.41) is 3.86. The zero-order chi connectivity index (χ0) is 23.9. The summed E-state index contributed by atoms with van der Waals surface area (Å²) >= 11 is 12.5. The number of hydrogen-bond donors (Lipinski definition) is 1. The normalized spacial score (nSPS) is 24.8. The second-order valence-electron chi connectivity index (χ2n) is 8.32. The van der Waals surface area contributed by atoms with E-state index in [2.05, 4.69) is 5.32 Å². The molecule has 2 amide bonds. The van der Waals surface area contributed by atoms with Gasteiger partial charge < -0.3 is 10.2 Å². The van der Waals surface area contributed by atoms with E-state index in [0.29, 0.717) is 27.7 Å². The zero-order valence-electron chi connectivity index (χ0n) is 18.2. The quantitative estimate of drug-likeness (QED) is 0.451. The summed E-state index contributed by atoms with van der Waals surface area (Å²) in [5.74, 6) is -1.32. The predicted octanol–water partition coefficient (Wildman–Crippen LogP) is 5.42. The number of halogens is 3. The Morgan fingerprint density at radius 2 is 1.94 bits per heavy atom. The Kier molecular flexibility index (Phi) is 6.34. The van der Waals surface area contributed by atoms with Crippen molar-refractivity contribution < 1.29 is 18.8 Å². The number of rotatable bonds is 5. The first kappa shape index (κ1) is 23.5. The van der Waals surface area contributed by atoms with Gasteiger partial charge >= 0.3 is 6.04 Å². The molecule has 3 atom stereocenters. The molecule has 2 aliphatic rings. The lowest BCUT2D eigenvalue weighted by Gasteiger charge is -2.51. The molecule has 1 N–H and O–H groups in total. The van der Waals surface area contributed by atoms with Gasteiger partial charge in [0.1, 0.15) is 12.0 Å². The third kappa shape index (κ3) is 3.75. The number of nitrogens with one attached hydrogen (secondary N) is 1. The molecule has 5 nitrogen and oxygen atoms in total. The van der Waals surface area contributed by atoms with Gasteiger partial charge in [0.15, 0.2) is 0 Å². The van der Waals surface area contributed by atoms with Gasteiger partial charge in [0, 0.05) is 28.1 Å². The van der Waals surface area contributed by atoms with Crippen molar-refractivity contribution >= 4 is 46.7 Å². The molecule has 0 aliphatic carbocycles. The zero-order valence-corrected chi connectivity index (χ0v) is 19.7. The van der Waals surface area contributed by atoms with Crippen LogP contribution < -0.4 is 5.32 Å². The molecule has 2 aliphatic heterocycles. The number of allylic oxidation sites excluding steroid dienone is 1. The van der Waals surface area contributed by atoms with Gasteiger partial charge in [-0.05, 0) is 48.7 Å². The van der Waals surface area contributed by atoms with Crippen molar-refractivity contribution in [3.63, 3.8) is 0 Å². The number of benzene rings is 2. The SMILES string of the molecule is CC=C(CC)C1N(CC(=O)F)C(=O)CC(c2cccc(Cl)c2)C12C(=O)Nc1cc(Cl)ccc12. The van der Waals surface area contributed by atoms with Gasteiger partial charge in [-0.25, -0.2) is 0 Å². The number of piperidine rings is 1. The standard InChI is InChI=1S/C25H23Cl2FN2O3/c1-3-14(4-2)23-25(18-9-8-17(27)11-20(18)29-24(25)33)19(15-6-5-7-16(26)10-15)12-22(32)30(23)13-21(28)31/h3,5-11,19,23H,4,12-13H2,1-2H3,(H,29,33). The molecule has 0 radical (unpaired) electrons. The highest BCUT2D eigenvalue weighted by molar-refractivity contribution is 6.31. The van der Waals surface area contributed by atoms with Crippen LogP contribution in [0.5, 0.6) is 0 Å². The van der Waals surface area contributed by atoms with Gasteiger partial charge in [0.2, 0.25) is 11.8 Å². The van der Waals surface area contributed by atoms with Crippen LogP contribution in [-0.2, 0) is 19.8 Å². The Morgan fingerprint density at radius 1 is 1.21 bits per heavy atom.